The van der Waals surface area contributed by atoms with Crippen LogP contribution in [-0.4, -0.2) is 37.4 Å². The third-order valence-electron chi connectivity index (χ3n) is 4.74. The Bertz CT molecular complexity index is 959. The molecule has 0 spiro atoms. The topological polar surface area (TPSA) is 61.4 Å². The molecule has 0 aliphatic carbocycles. The molecule has 3 heterocycles. The fourth-order valence-corrected chi connectivity index (χ4v) is 4.45. The minimum atomic E-state index is -0.652. The van der Waals surface area contributed by atoms with Crippen molar-refractivity contribution < 1.29 is 14.2 Å². The molecule has 4 rings (SSSR count). The molecule has 6 heteroatoms. The molecule has 0 saturated heterocycles. The number of fused-ring (bicyclic) bond motifs is 3. The predicted molar refractivity (Wildman–Crippen MR) is 108 cm³/mol. The van der Waals surface area contributed by atoms with Crippen LogP contribution in [0.4, 0.5) is 0 Å². The minimum Gasteiger partial charge on any atom is -0.622 e. The summed E-state index contributed by atoms with van der Waals surface area (Å²) in [7, 11) is 1.59. The minimum absolute atomic E-state index is 0.247. The van der Waals surface area contributed by atoms with Gasteiger partial charge in [-0.25, -0.2) is 0 Å². The number of benzene rings is 1. The Balaban J connectivity index is 1.84. The van der Waals surface area contributed by atoms with Crippen LogP contribution in [0.15, 0.2) is 59.6 Å². The van der Waals surface area contributed by atoms with E-state index in [1.54, 1.807) is 13.3 Å². The summed E-state index contributed by atoms with van der Waals surface area (Å²) in [4.78, 5) is 13.8. The molecule has 1 atom stereocenters. The Hall–Kier alpha value is -2.51. The van der Waals surface area contributed by atoms with Gasteiger partial charge in [0.15, 0.2) is 5.70 Å². The second-order valence-corrected chi connectivity index (χ2v) is 7.44. The van der Waals surface area contributed by atoms with Crippen LogP contribution in [0, 0.1) is 5.21 Å². The average Bonchev–Trinajstić information content (AvgIpc) is 3.16. The summed E-state index contributed by atoms with van der Waals surface area (Å²) < 4.78 is 4.37. The van der Waals surface area contributed by atoms with Crippen LogP contribution in [0.2, 0.25) is 0 Å². The number of hydroxylamine groups is 3. The van der Waals surface area contributed by atoms with E-state index in [0.717, 1.165) is 21.6 Å². The number of quaternary nitrogens is 1. The number of hydrogen-bond acceptors (Lipinski definition) is 4. The van der Waals surface area contributed by atoms with Gasteiger partial charge in [-0.15, -0.1) is 11.3 Å². The van der Waals surface area contributed by atoms with Crippen molar-refractivity contribution in [3.63, 3.8) is 0 Å². The van der Waals surface area contributed by atoms with Crippen LogP contribution in [0.25, 0.3) is 17.3 Å². The number of hydrogen-bond donors (Lipinski definition) is 1. The third kappa shape index (κ3) is 3.28. The highest BCUT2D eigenvalue weighted by atomic mass is 32.1. The second kappa shape index (κ2) is 7.25. The average molecular weight is 380 g/mol. The van der Waals surface area contributed by atoms with Crippen molar-refractivity contribution in [2.45, 2.75) is 0 Å². The molecule has 27 heavy (non-hydrogen) atoms. The van der Waals surface area contributed by atoms with Gasteiger partial charge in [-0.2, -0.15) is 0 Å². The number of carbonyl (C=O) groups excluding carboxylic acids is 1. The van der Waals surface area contributed by atoms with Crippen LogP contribution in [0.3, 0.4) is 0 Å². The maximum atomic E-state index is 13.7. The summed E-state index contributed by atoms with van der Waals surface area (Å²) in [6, 6.07) is 11.7. The van der Waals surface area contributed by atoms with E-state index in [1.165, 1.54) is 11.3 Å². The lowest BCUT2D eigenvalue weighted by Gasteiger charge is -2.45. The van der Waals surface area contributed by atoms with Crippen LogP contribution >= 0.6 is 11.3 Å². The smallest absolute Gasteiger partial charge is 0.257 e. The summed E-state index contributed by atoms with van der Waals surface area (Å²) >= 11 is 1.50. The van der Waals surface area contributed by atoms with Gasteiger partial charge in [-0.1, -0.05) is 30.3 Å². The zero-order valence-electron chi connectivity index (χ0n) is 15.0. The number of ether oxygens (including phenoxy) is 1. The van der Waals surface area contributed by atoms with E-state index in [9.17, 15) is 10.0 Å². The van der Waals surface area contributed by atoms with Gasteiger partial charge in [0.2, 0.25) is 0 Å². The highest BCUT2D eigenvalue weighted by molar-refractivity contribution is 7.11. The fraction of sp³-hybridized carbons (Fsp3) is 0.190. The Morgan fingerprint density at radius 2 is 2.11 bits per heavy atom. The molecule has 0 radical (unpaired) electrons. The van der Waals surface area contributed by atoms with Crippen LogP contribution in [0.1, 0.15) is 16.0 Å². The van der Waals surface area contributed by atoms with Crippen LogP contribution in [0.5, 0.6) is 0 Å². The van der Waals surface area contributed by atoms with E-state index in [1.807, 2.05) is 53.9 Å². The number of amides is 1. The fourth-order valence-electron chi connectivity index (χ4n) is 3.45. The van der Waals surface area contributed by atoms with Crippen molar-refractivity contribution in [2.75, 3.05) is 26.8 Å². The molecule has 1 aromatic heterocycles. The standard InChI is InChI=1S/C21H20N2O3S/c1-26-11-9-22-21(24)18-13-17(15-5-3-2-4-6-15)14-23(25)10-7-16-8-12-27-20(16)19(18)23/h2-8,10,12-13H,9,11,14H2,1H3,(H,22,24). The SMILES string of the molecule is COCCNC(=O)C1=C2c3sccc3C=C[N+]2([O-])CC(c2ccccc2)=C1. The van der Waals surface area contributed by atoms with Gasteiger partial charge >= 0.3 is 0 Å². The first-order valence-electron chi connectivity index (χ1n) is 8.76. The number of methoxy groups -OCH3 is 1. The second-order valence-electron chi connectivity index (χ2n) is 6.52. The van der Waals surface area contributed by atoms with Crippen molar-refractivity contribution >= 4 is 34.6 Å². The lowest BCUT2D eigenvalue weighted by atomic mass is 9.93. The van der Waals surface area contributed by atoms with Gasteiger partial charge in [0.05, 0.1) is 11.5 Å². The summed E-state index contributed by atoms with van der Waals surface area (Å²) in [5.74, 6) is -0.247. The zero-order chi connectivity index (χ0) is 18.9. The lowest BCUT2D eigenvalue weighted by molar-refractivity contribution is -0.743. The van der Waals surface area contributed by atoms with Gasteiger partial charge in [-0.05, 0) is 23.1 Å². The number of thiophene rings is 1. The van der Waals surface area contributed by atoms with Crippen molar-refractivity contribution in [1.82, 2.24) is 5.32 Å². The van der Waals surface area contributed by atoms with Crippen molar-refractivity contribution in [1.29, 1.82) is 0 Å². The molecular formula is C21H20N2O3S. The summed E-state index contributed by atoms with van der Waals surface area (Å²) in [5, 5.41) is 18.6. The molecule has 2 aliphatic rings. The van der Waals surface area contributed by atoms with E-state index in [-0.39, 0.29) is 12.5 Å². The molecule has 5 nitrogen and oxygen atoms in total. The predicted octanol–water partition coefficient (Wildman–Crippen LogP) is 3.62. The van der Waals surface area contributed by atoms with E-state index in [4.69, 9.17) is 4.74 Å². The monoisotopic (exact) mass is 380 g/mol. The van der Waals surface area contributed by atoms with E-state index in [2.05, 4.69) is 5.32 Å². The molecule has 1 unspecified atom stereocenters. The van der Waals surface area contributed by atoms with Gasteiger partial charge in [0.1, 0.15) is 18.3 Å². The summed E-state index contributed by atoms with van der Waals surface area (Å²) in [6.07, 6.45) is 5.36. The van der Waals surface area contributed by atoms with Gasteiger partial charge in [0, 0.05) is 30.9 Å². The Labute approximate surface area is 162 Å². The zero-order valence-corrected chi connectivity index (χ0v) is 15.8. The van der Waals surface area contributed by atoms with Crippen molar-refractivity contribution in [3.8, 4) is 0 Å². The van der Waals surface area contributed by atoms with Crippen molar-refractivity contribution in [2.24, 2.45) is 0 Å². The van der Waals surface area contributed by atoms with Crippen LogP contribution in [-0.2, 0) is 9.53 Å². The van der Waals surface area contributed by atoms with Crippen molar-refractivity contribution in [3.05, 3.63) is 80.8 Å². The Morgan fingerprint density at radius 3 is 2.89 bits per heavy atom. The van der Waals surface area contributed by atoms with Gasteiger partial charge in [-0.3, -0.25) is 9.44 Å². The quantitative estimate of drug-likeness (QED) is 0.490. The van der Waals surface area contributed by atoms with E-state index < -0.39 is 4.65 Å². The highest BCUT2D eigenvalue weighted by Crippen LogP contribution is 2.45. The van der Waals surface area contributed by atoms with Gasteiger partial charge in [0.25, 0.3) is 5.91 Å². The number of nitrogens with zero attached hydrogens (tertiary/aromatic N) is 1. The number of nitrogens with one attached hydrogen (secondary N) is 1. The molecule has 1 aromatic carbocycles. The molecule has 2 aromatic rings. The molecule has 138 valence electrons. The number of carbonyl (C=O) groups is 1. The largest absolute Gasteiger partial charge is 0.622 e. The molecule has 1 N–H and O–H groups in total. The van der Waals surface area contributed by atoms with Crippen LogP contribution < -0.4 is 5.32 Å². The normalized spacial score (nSPS) is 20.7. The number of rotatable bonds is 5. The molecular weight excluding hydrogens is 360 g/mol. The van der Waals surface area contributed by atoms with Gasteiger partial charge < -0.3 is 15.3 Å². The first kappa shape index (κ1) is 17.9. The molecule has 1 amide bonds. The lowest BCUT2D eigenvalue weighted by Crippen LogP contribution is -2.42. The maximum absolute atomic E-state index is 13.7. The first-order valence-corrected chi connectivity index (χ1v) is 9.64. The molecule has 0 bridgehead atoms. The molecule has 0 fully saturated rings. The third-order valence-corrected chi connectivity index (χ3v) is 5.68. The molecule has 2 aliphatic heterocycles. The summed E-state index contributed by atoms with van der Waals surface area (Å²) in [6.45, 7) is 1.08. The molecule has 0 saturated carbocycles. The van der Waals surface area contributed by atoms with E-state index >= 15 is 0 Å². The highest BCUT2D eigenvalue weighted by Gasteiger charge is 2.38. The Morgan fingerprint density at radius 1 is 1.30 bits per heavy atom. The maximum Gasteiger partial charge on any atom is 0.257 e. The first-order chi connectivity index (χ1) is 13.1. The van der Waals surface area contributed by atoms with E-state index in [0.29, 0.717) is 24.4 Å². The Kier molecular flexibility index (Phi) is 4.80. The summed E-state index contributed by atoms with van der Waals surface area (Å²) in [5.41, 5.74) is 3.75.